The van der Waals surface area contributed by atoms with Crippen molar-refractivity contribution in [1.29, 1.82) is 0 Å². The molecular formula is C53H28B10N2. The minimum Gasteiger partial charge on any atom is -0.296 e. The third kappa shape index (κ3) is 6.91. The van der Waals surface area contributed by atoms with Crippen LogP contribution in [-0.4, -0.2) is 88.0 Å². The molecule has 0 spiro atoms. The molecule has 1 aromatic heterocycles. The molecule has 1 heterocycles. The van der Waals surface area contributed by atoms with E-state index in [9.17, 15) is 0 Å². The van der Waals surface area contributed by atoms with Gasteiger partial charge in [-0.2, -0.15) is 0 Å². The molecule has 0 aliphatic rings. The number of hydrogen-bond donors (Lipinski definition) is 0. The zero-order valence-electron chi connectivity index (χ0n) is 35.7. The fourth-order valence-electron chi connectivity index (χ4n) is 9.41. The van der Waals surface area contributed by atoms with Crippen LogP contribution in [0.3, 0.4) is 0 Å². The van der Waals surface area contributed by atoms with E-state index in [1.54, 1.807) is 0 Å². The Bertz CT molecular complexity index is 3410. The van der Waals surface area contributed by atoms with Crippen molar-refractivity contribution < 1.29 is 0 Å². The monoisotopic (exact) mass is 802 g/mol. The molecule has 10 rings (SSSR count). The molecule has 0 aliphatic heterocycles. The van der Waals surface area contributed by atoms with Gasteiger partial charge in [-0.1, -0.05) is 120 Å². The summed E-state index contributed by atoms with van der Waals surface area (Å²) in [6.45, 7) is 2.14. The van der Waals surface area contributed by atoms with Crippen LogP contribution < -0.4 is 54.6 Å². The van der Waals surface area contributed by atoms with E-state index < -0.39 is 0 Å². The Kier molecular flexibility index (Phi) is 10.8. The summed E-state index contributed by atoms with van der Waals surface area (Å²) in [5, 5.41) is 4.06. The van der Waals surface area contributed by atoms with Crippen molar-refractivity contribution in [2.45, 2.75) is 13.3 Å². The van der Waals surface area contributed by atoms with Crippen LogP contribution in [0, 0.1) is 0 Å². The van der Waals surface area contributed by atoms with Gasteiger partial charge in [0.2, 0.25) is 0 Å². The Morgan fingerprint density at radius 3 is 1.22 bits per heavy atom. The Labute approximate surface area is 393 Å². The van der Waals surface area contributed by atoms with Crippen molar-refractivity contribution in [3.8, 4) is 61.3 Å². The van der Waals surface area contributed by atoms with Gasteiger partial charge in [0.25, 0.3) is 0 Å². The van der Waals surface area contributed by atoms with Crippen LogP contribution in [0.25, 0.3) is 93.9 Å². The summed E-state index contributed by atoms with van der Waals surface area (Å²) >= 11 is 0. The molecule has 12 heteroatoms. The summed E-state index contributed by atoms with van der Waals surface area (Å²) in [6.07, 6.45) is 0.801. The highest BCUT2D eigenvalue weighted by atomic mass is 15.1. The number of hydrogen-bond acceptors (Lipinski definition) is 1. The lowest BCUT2D eigenvalue weighted by molar-refractivity contribution is 0.908. The first kappa shape index (κ1) is 42.6. The smallest absolute Gasteiger partial charge is 0.114 e. The molecule has 10 aromatic rings. The molecule has 20 radical (unpaired) electrons. The van der Waals surface area contributed by atoms with E-state index in [0.29, 0.717) is 22.3 Å². The van der Waals surface area contributed by atoms with E-state index in [0.717, 1.165) is 83.9 Å². The lowest BCUT2D eigenvalue weighted by Crippen LogP contribution is -2.55. The summed E-state index contributed by atoms with van der Waals surface area (Å²) in [6, 6.07) is 48.2. The molecule has 0 atom stereocenters. The van der Waals surface area contributed by atoms with Gasteiger partial charge in [0.05, 0.1) is 11.0 Å². The third-order valence-electron chi connectivity index (χ3n) is 12.7. The average Bonchev–Trinajstić information content (AvgIpc) is 3.72. The van der Waals surface area contributed by atoms with Crippen LogP contribution in [0.1, 0.15) is 12.7 Å². The Morgan fingerprint density at radius 1 is 0.354 bits per heavy atom. The summed E-state index contributed by atoms with van der Waals surface area (Å²) in [5.41, 5.74) is 12.5. The minimum absolute atomic E-state index is 0.106. The summed E-state index contributed by atoms with van der Waals surface area (Å²) < 4.78 is 2.25. The van der Waals surface area contributed by atoms with Crippen molar-refractivity contribution in [2.75, 3.05) is 0 Å². The van der Waals surface area contributed by atoms with Crippen LogP contribution >= 0.6 is 0 Å². The third-order valence-corrected chi connectivity index (χ3v) is 12.7. The van der Waals surface area contributed by atoms with E-state index in [4.69, 9.17) is 83.4 Å². The van der Waals surface area contributed by atoms with E-state index in [1.807, 2.05) is 36.4 Å². The van der Waals surface area contributed by atoms with E-state index in [1.165, 1.54) is 0 Å². The highest BCUT2D eigenvalue weighted by Crippen LogP contribution is 2.45. The first-order chi connectivity index (χ1) is 31.4. The summed E-state index contributed by atoms with van der Waals surface area (Å²) in [7, 11) is 65.2. The average molecular weight is 801 g/mol. The van der Waals surface area contributed by atoms with Crippen molar-refractivity contribution >= 4 is 166 Å². The maximum absolute atomic E-state index is 6.73. The molecule has 0 saturated heterocycles. The predicted molar refractivity (Wildman–Crippen MR) is 287 cm³/mol. The largest absolute Gasteiger partial charge is 0.296 e. The van der Waals surface area contributed by atoms with Gasteiger partial charge in [0.1, 0.15) is 84.3 Å². The van der Waals surface area contributed by atoms with Gasteiger partial charge in [-0.25, -0.2) is 4.98 Å². The van der Waals surface area contributed by atoms with Gasteiger partial charge in [0, 0.05) is 12.1 Å². The maximum atomic E-state index is 6.73. The molecule has 0 bridgehead atoms. The molecule has 65 heavy (non-hydrogen) atoms. The number of nitrogens with zero attached hydrogens (tertiary/aromatic N) is 2. The lowest BCUT2D eigenvalue weighted by Gasteiger charge is -2.25. The van der Waals surface area contributed by atoms with Crippen LogP contribution in [0.5, 0.6) is 0 Å². The lowest BCUT2D eigenvalue weighted by atomic mass is 9.59. The topological polar surface area (TPSA) is 17.8 Å². The SMILES string of the molecule is [B]c1c([B])c([B])c(-c2cc(-c3c([B])c([B])c([B])c([B])c3[B])cc(-c3c4ccccc4c(-c4cccc(-c5cccc(-n6c(CC)nc7ccccc76)c5)c4)c4ccccc34)c2)c([B])c1[B]. The van der Waals surface area contributed by atoms with Gasteiger partial charge in [-0.3, -0.25) is 4.57 Å². The fraction of sp³-hybridized carbons (Fsp3) is 0.0377. The van der Waals surface area contributed by atoms with Crippen LogP contribution in [0.2, 0.25) is 0 Å². The maximum Gasteiger partial charge on any atom is 0.114 e. The standard InChI is InChI=1S/C53H28B10N2/c1-2-39-64-37-19-7-8-20-38(37)65(39)32-14-10-12-27(25-32)26-11-9-13-28(21-26)40-33-15-3-5-17-35(33)41(36-18-6-4-16-34(36)40)29-22-30(42-44(54)48(58)52(62)49(59)45(42)55)24-31(23-29)43-46(56)50(60)53(63)51(61)47(43)57/h3-25H,2H2,1H3. The highest BCUT2D eigenvalue weighted by Gasteiger charge is 2.22. The van der Waals surface area contributed by atoms with Crippen LogP contribution in [0.4, 0.5) is 0 Å². The van der Waals surface area contributed by atoms with E-state index in [-0.39, 0.29) is 54.6 Å². The summed E-state index contributed by atoms with van der Waals surface area (Å²) in [4.78, 5) is 4.94. The fourth-order valence-corrected chi connectivity index (χ4v) is 9.41. The van der Waals surface area contributed by atoms with Gasteiger partial charge in [0.15, 0.2) is 0 Å². The number of rotatable bonds is 7. The second kappa shape index (κ2) is 16.6. The Hall–Kier alpha value is -6.38. The molecule has 2 nitrogen and oxygen atoms in total. The van der Waals surface area contributed by atoms with Gasteiger partial charge < -0.3 is 0 Å². The van der Waals surface area contributed by atoms with Gasteiger partial charge in [-0.15, -0.1) is 32.8 Å². The molecule has 280 valence electrons. The Balaban J connectivity index is 1.22. The predicted octanol–water partition coefficient (Wildman–Crippen LogP) is 2.17. The molecule has 0 amide bonds. The second-order valence-corrected chi connectivity index (χ2v) is 16.4. The van der Waals surface area contributed by atoms with Crippen LogP contribution in [0.15, 0.2) is 140 Å². The number of aromatic nitrogens is 2. The molecule has 9 aromatic carbocycles. The second-order valence-electron chi connectivity index (χ2n) is 16.4. The number of fused-ring (bicyclic) bond motifs is 3. The number of aryl methyl sites for hydroxylation is 1. The normalized spacial score (nSPS) is 11.5. The van der Waals surface area contributed by atoms with E-state index >= 15 is 0 Å². The van der Waals surface area contributed by atoms with Gasteiger partial charge >= 0.3 is 0 Å². The molecule has 0 N–H and O–H groups in total. The van der Waals surface area contributed by atoms with Crippen molar-refractivity contribution in [2.24, 2.45) is 0 Å². The molecule has 0 saturated carbocycles. The van der Waals surface area contributed by atoms with E-state index in [2.05, 4.69) is 115 Å². The van der Waals surface area contributed by atoms with Crippen molar-refractivity contribution in [3.05, 3.63) is 145 Å². The van der Waals surface area contributed by atoms with Gasteiger partial charge in [-0.05, 0) is 126 Å². The molecular weight excluding hydrogens is 773 g/mol. The van der Waals surface area contributed by atoms with Crippen molar-refractivity contribution in [3.63, 3.8) is 0 Å². The Morgan fingerprint density at radius 2 is 0.723 bits per heavy atom. The molecule has 0 fully saturated rings. The highest BCUT2D eigenvalue weighted by molar-refractivity contribution is 6.70. The number of para-hydroxylation sites is 2. The zero-order valence-corrected chi connectivity index (χ0v) is 35.7. The van der Waals surface area contributed by atoms with Crippen LogP contribution in [-0.2, 0) is 6.42 Å². The number of benzene rings is 9. The first-order valence-corrected chi connectivity index (χ1v) is 21.2. The summed E-state index contributed by atoms with van der Waals surface area (Å²) in [5.74, 6) is 1.01. The van der Waals surface area contributed by atoms with Crippen molar-refractivity contribution in [1.82, 2.24) is 9.55 Å². The molecule has 0 unspecified atom stereocenters. The molecule has 0 aliphatic carbocycles. The number of imidazole rings is 1. The minimum atomic E-state index is 0.106. The quantitative estimate of drug-likeness (QED) is 0.179. The first-order valence-electron chi connectivity index (χ1n) is 21.2. The zero-order chi connectivity index (χ0) is 45.4.